The molecule has 0 aromatic carbocycles. The van der Waals surface area contributed by atoms with E-state index in [2.05, 4.69) is 27.0 Å². The van der Waals surface area contributed by atoms with Crippen molar-refractivity contribution in [3.63, 3.8) is 0 Å². The highest BCUT2D eigenvalue weighted by Gasteiger charge is 2.31. The summed E-state index contributed by atoms with van der Waals surface area (Å²) in [6.45, 7) is 5.32. The molecule has 1 saturated carbocycles. The van der Waals surface area contributed by atoms with Crippen molar-refractivity contribution in [2.24, 2.45) is 5.92 Å². The number of hydrogen-bond acceptors (Lipinski definition) is 6. The van der Waals surface area contributed by atoms with Gasteiger partial charge in [-0.15, -0.1) is 16.4 Å². The van der Waals surface area contributed by atoms with Crippen molar-refractivity contribution in [2.75, 3.05) is 39.4 Å². The monoisotopic (exact) mass is 433 g/mol. The number of morpholine rings is 1. The normalized spacial score (nSPS) is 21.6. The van der Waals surface area contributed by atoms with E-state index in [9.17, 15) is 4.79 Å². The standard InChI is InChI=1S/C20H27N5O2S2/c26-19(23-9-11-27-12-10-23)15-5-7-22(8-6-15)14-24-20(28)25(16-3-4-16)18(21-24)17-2-1-13-29-17/h1-2,13,15-16H,3-12,14H2. The van der Waals surface area contributed by atoms with Gasteiger partial charge < -0.3 is 9.64 Å². The zero-order valence-electron chi connectivity index (χ0n) is 16.5. The molecule has 4 heterocycles. The zero-order chi connectivity index (χ0) is 19.8. The van der Waals surface area contributed by atoms with Gasteiger partial charge in [-0.1, -0.05) is 6.07 Å². The van der Waals surface area contributed by atoms with Gasteiger partial charge in [0, 0.05) is 38.1 Å². The third-order valence-electron chi connectivity index (χ3n) is 6.12. The van der Waals surface area contributed by atoms with Crippen molar-refractivity contribution in [1.29, 1.82) is 0 Å². The fraction of sp³-hybridized carbons (Fsp3) is 0.650. The Balaban J connectivity index is 1.24. The van der Waals surface area contributed by atoms with Gasteiger partial charge in [-0.2, -0.15) is 0 Å². The van der Waals surface area contributed by atoms with Gasteiger partial charge in [0.2, 0.25) is 5.91 Å². The van der Waals surface area contributed by atoms with Crippen molar-refractivity contribution in [2.45, 2.75) is 38.4 Å². The molecule has 1 amide bonds. The van der Waals surface area contributed by atoms with Crippen LogP contribution in [-0.2, 0) is 16.2 Å². The molecule has 0 unspecified atom stereocenters. The minimum Gasteiger partial charge on any atom is -0.378 e. The average molecular weight is 434 g/mol. The summed E-state index contributed by atoms with van der Waals surface area (Å²) in [5.41, 5.74) is 0. The van der Waals surface area contributed by atoms with Crippen LogP contribution in [0, 0.1) is 10.7 Å². The summed E-state index contributed by atoms with van der Waals surface area (Å²) < 4.78 is 10.4. The zero-order valence-corrected chi connectivity index (χ0v) is 18.2. The maximum Gasteiger partial charge on any atom is 0.225 e. The Morgan fingerprint density at radius 1 is 1.17 bits per heavy atom. The number of aromatic nitrogens is 3. The number of nitrogens with zero attached hydrogens (tertiary/aromatic N) is 5. The Labute approximate surface area is 179 Å². The van der Waals surface area contributed by atoms with Crippen LogP contribution in [0.5, 0.6) is 0 Å². The summed E-state index contributed by atoms with van der Waals surface area (Å²) >= 11 is 7.50. The minimum atomic E-state index is 0.142. The van der Waals surface area contributed by atoms with Crippen molar-refractivity contribution in [1.82, 2.24) is 24.1 Å². The predicted octanol–water partition coefficient (Wildman–Crippen LogP) is 3.01. The van der Waals surface area contributed by atoms with Crippen LogP contribution in [0.15, 0.2) is 17.5 Å². The van der Waals surface area contributed by atoms with Crippen molar-refractivity contribution < 1.29 is 9.53 Å². The highest BCUT2D eigenvalue weighted by molar-refractivity contribution is 7.71. The summed E-state index contributed by atoms with van der Waals surface area (Å²) in [6, 6.07) is 4.69. The topological polar surface area (TPSA) is 55.5 Å². The van der Waals surface area contributed by atoms with E-state index in [1.54, 1.807) is 11.3 Å². The van der Waals surface area contributed by atoms with Gasteiger partial charge in [-0.25, -0.2) is 4.68 Å². The maximum atomic E-state index is 12.7. The first-order valence-corrected chi connectivity index (χ1v) is 11.8. The Hall–Kier alpha value is -1.55. The highest BCUT2D eigenvalue weighted by Crippen LogP contribution is 2.39. The SMILES string of the molecule is O=C(C1CCN(Cn2nc(-c3cccs3)n(C3CC3)c2=S)CC1)N1CCOCC1. The molecule has 0 N–H and O–H groups in total. The van der Waals surface area contributed by atoms with Crippen LogP contribution in [-0.4, -0.2) is 69.4 Å². The van der Waals surface area contributed by atoms with E-state index in [-0.39, 0.29) is 5.92 Å². The van der Waals surface area contributed by atoms with E-state index in [4.69, 9.17) is 22.1 Å². The second-order valence-electron chi connectivity index (χ2n) is 8.16. The van der Waals surface area contributed by atoms with Crippen molar-refractivity contribution in [3.05, 3.63) is 22.3 Å². The molecule has 3 aliphatic rings. The number of thiophene rings is 1. The molecule has 156 valence electrons. The van der Waals surface area contributed by atoms with E-state index < -0.39 is 0 Å². The fourth-order valence-corrected chi connectivity index (χ4v) is 5.34. The van der Waals surface area contributed by atoms with Crippen molar-refractivity contribution >= 4 is 29.5 Å². The molecule has 0 radical (unpaired) electrons. The van der Waals surface area contributed by atoms with Gasteiger partial charge in [0.15, 0.2) is 10.6 Å². The summed E-state index contributed by atoms with van der Waals surface area (Å²) in [7, 11) is 0. The molecular formula is C20H27N5O2S2. The van der Waals surface area contributed by atoms with E-state index in [0.29, 0.717) is 31.8 Å². The van der Waals surface area contributed by atoms with Crippen LogP contribution < -0.4 is 0 Å². The molecule has 0 bridgehead atoms. The van der Waals surface area contributed by atoms with Crippen LogP contribution in [0.1, 0.15) is 31.7 Å². The van der Waals surface area contributed by atoms with Gasteiger partial charge in [0.25, 0.3) is 0 Å². The van der Waals surface area contributed by atoms with E-state index >= 15 is 0 Å². The van der Waals surface area contributed by atoms with E-state index in [0.717, 1.165) is 49.6 Å². The van der Waals surface area contributed by atoms with Gasteiger partial charge in [-0.3, -0.25) is 14.3 Å². The molecule has 2 aliphatic heterocycles. The van der Waals surface area contributed by atoms with Gasteiger partial charge >= 0.3 is 0 Å². The third-order valence-corrected chi connectivity index (χ3v) is 7.39. The molecule has 2 aromatic heterocycles. The lowest BCUT2D eigenvalue weighted by Crippen LogP contribution is -2.47. The number of carbonyl (C=O) groups excluding carboxylic acids is 1. The summed E-state index contributed by atoms with van der Waals surface area (Å²) in [5.74, 6) is 1.45. The molecule has 5 rings (SSSR count). The molecule has 9 heteroatoms. The number of amides is 1. The molecule has 2 saturated heterocycles. The number of ether oxygens (including phenoxy) is 1. The Bertz CT molecular complexity index is 904. The lowest BCUT2D eigenvalue weighted by molar-refractivity contribution is -0.141. The number of rotatable bonds is 5. The van der Waals surface area contributed by atoms with Gasteiger partial charge in [-0.05, 0) is 49.3 Å². The van der Waals surface area contributed by atoms with E-state index in [1.165, 1.54) is 17.7 Å². The average Bonchev–Trinajstić information content (AvgIpc) is 3.34. The largest absolute Gasteiger partial charge is 0.378 e. The molecule has 7 nitrogen and oxygen atoms in total. The summed E-state index contributed by atoms with van der Waals surface area (Å²) in [4.78, 5) is 18.3. The number of likely N-dealkylation sites (tertiary alicyclic amines) is 1. The smallest absolute Gasteiger partial charge is 0.225 e. The highest BCUT2D eigenvalue weighted by atomic mass is 32.1. The summed E-state index contributed by atoms with van der Waals surface area (Å²) in [5, 5.41) is 6.98. The lowest BCUT2D eigenvalue weighted by atomic mass is 9.95. The molecule has 1 aliphatic carbocycles. The van der Waals surface area contributed by atoms with Crippen LogP contribution in [0.3, 0.4) is 0 Å². The summed E-state index contributed by atoms with van der Waals surface area (Å²) in [6.07, 6.45) is 4.19. The number of piperidine rings is 1. The molecular weight excluding hydrogens is 406 g/mol. The second kappa shape index (κ2) is 8.29. The molecule has 0 spiro atoms. The first kappa shape index (κ1) is 19.4. The molecule has 29 heavy (non-hydrogen) atoms. The first-order valence-electron chi connectivity index (χ1n) is 10.5. The van der Waals surface area contributed by atoms with Crippen LogP contribution >= 0.6 is 23.6 Å². The number of carbonyl (C=O) groups is 1. The maximum absolute atomic E-state index is 12.7. The third kappa shape index (κ3) is 4.05. The lowest BCUT2D eigenvalue weighted by Gasteiger charge is -2.35. The quantitative estimate of drug-likeness (QED) is 0.679. The van der Waals surface area contributed by atoms with Crippen LogP contribution in [0.4, 0.5) is 0 Å². The van der Waals surface area contributed by atoms with Crippen LogP contribution in [0.25, 0.3) is 10.7 Å². The predicted molar refractivity (Wildman–Crippen MR) is 114 cm³/mol. The Morgan fingerprint density at radius 3 is 2.59 bits per heavy atom. The first-order chi connectivity index (χ1) is 14.2. The Kier molecular flexibility index (Phi) is 5.55. The van der Waals surface area contributed by atoms with E-state index in [1.807, 2.05) is 9.58 Å². The number of hydrogen-bond donors (Lipinski definition) is 0. The van der Waals surface area contributed by atoms with Crippen molar-refractivity contribution in [3.8, 4) is 10.7 Å². The second-order valence-corrected chi connectivity index (χ2v) is 9.47. The van der Waals surface area contributed by atoms with Gasteiger partial charge in [0.1, 0.15) is 0 Å². The van der Waals surface area contributed by atoms with Gasteiger partial charge in [0.05, 0.1) is 24.8 Å². The Morgan fingerprint density at radius 2 is 1.93 bits per heavy atom. The molecule has 0 atom stereocenters. The van der Waals surface area contributed by atoms with Crippen LogP contribution in [0.2, 0.25) is 0 Å². The molecule has 2 aromatic rings. The fourth-order valence-electron chi connectivity index (χ4n) is 4.30. The molecule has 3 fully saturated rings. The minimum absolute atomic E-state index is 0.142.